The van der Waals surface area contributed by atoms with Gasteiger partial charge in [-0.3, -0.25) is 4.79 Å². The molecular weight excluding hydrogens is 218 g/mol. The van der Waals surface area contributed by atoms with E-state index in [1.165, 1.54) is 18.4 Å². The smallest absolute Gasteiger partial charge is 0.140 e. The molecule has 0 radical (unpaired) electrons. The van der Waals surface area contributed by atoms with Gasteiger partial charge in [-0.15, -0.1) is 0 Å². The van der Waals surface area contributed by atoms with Gasteiger partial charge in [-0.25, -0.2) is 0 Å². The third-order valence-electron chi connectivity index (χ3n) is 4.14. The zero-order chi connectivity index (χ0) is 11.0. The second-order valence-corrected chi connectivity index (χ2v) is 5.92. The lowest BCUT2D eigenvalue weighted by atomic mass is 9.90. The molecule has 1 aliphatic heterocycles. The highest BCUT2D eigenvalue weighted by Gasteiger charge is 2.56. The van der Waals surface area contributed by atoms with E-state index in [0.717, 1.165) is 19.5 Å². The lowest BCUT2D eigenvalue weighted by Gasteiger charge is -2.23. The largest absolute Gasteiger partial charge is 0.317 e. The van der Waals surface area contributed by atoms with Gasteiger partial charge >= 0.3 is 0 Å². The van der Waals surface area contributed by atoms with Crippen molar-refractivity contribution >= 4 is 17.1 Å². The molecule has 1 atom stereocenters. The van der Waals surface area contributed by atoms with Gasteiger partial charge in [0.05, 0.1) is 0 Å². The van der Waals surface area contributed by atoms with Gasteiger partial charge in [0.25, 0.3) is 0 Å². The van der Waals surface area contributed by atoms with Gasteiger partial charge in [0.2, 0.25) is 0 Å². The van der Waals surface area contributed by atoms with Crippen molar-refractivity contribution in [3.8, 4) is 0 Å². The minimum atomic E-state index is 0.370. The molecular formula is C13H17NOS. The molecule has 3 heteroatoms. The number of ketones is 1. The molecule has 2 heterocycles. The first-order valence-corrected chi connectivity index (χ1v) is 6.99. The van der Waals surface area contributed by atoms with E-state index in [1.807, 2.05) is 0 Å². The summed E-state index contributed by atoms with van der Waals surface area (Å²) < 4.78 is 0. The van der Waals surface area contributed by atoms with Crippen LogP contribution in [0.4, 0.5) is 0 Å². The first kappa shape index (κ1) is 10.5. The van der Waals surface area contributed by atoms with Gasteiger partial charge in [-0.1, -0.05) is 0 Å². The second-order valence-electron chi connectivity index (χ2n) is 5.14. The molecule has 1 aliphatic carbocycles. The fourth-order valence-corrected chi connectivity index (χ4v) is 3.67. The zero-order valence-corrected chi connectivity index (χ0v) is 10.2. The lowest BCUT2D eigenvalue weighted by molar-refractivity contribution is -0.120. The molecule has 1 saturated heterocycles. The Labute approximate surface area is 100 Å². The second kappa shape index (κ2) is 3.97. The first-order chi connectivity index (χ1) is 7.80. The van der Waals surface area contributed by atoms with Gasteiger partial charge in [-0.2, -0.15) is 11.3 Å². The summed E-state index contributed by atoms with van der Waals surface area (Å²) in [4.78, 5) is 12.1. The summed E-state index contributed by atoms with van der Waals surface area (Å²) in [6.45, 7) is 2.20. The predicted octanol–water partition coefficient (Wildman–Crippen LogP) is 2.25. The van der Waals surface area contributed by atoms with Crippen molar-refractivity contribution in [1.82, 2.24) is 5.32 Å². The number of carbonyl (C=O) groups is 1. The van der Waals surface area contributed by atoms with E-state index in [4.69, 9.17) is 0 Å². The minimum absolute atomic E-state index is 0.370. The summed E-state index contributed by atoms with van der Waals surface area (Å²) in [7, 11) is 0. The SMILES string of the molecule is O=C(Cc1ccsc1)C1CC12CCNCC2. The summed E-state index contributed by atoms with van der Waals surface area (Å²) in [6, 6.07) is 2.07. The van der Waals surface area contributed by atoms with Crippen LogP contribution in [0, 0.1) is 11.3 Å². The summed E-state index contributed by atoms with van der Waals surface area (Å²) in [6.07, 6.45) is 4.21. The fourth-order valence-electron chi connectivity index (χ4n) is 3.00. The van der Waals surface area contributed by atoms with Crippen molar-refractivity contribution < 1.29 is 4.79 Å². The number of rotatable bonds is 3. The van der Waals surface area contributed by atoms with Crippen LogP contribution in [0.15, 0.2) is 16.8 Å². The molecule has 0 amide bonds. The van der Waals surface area contributed by atoms with E-state index in [0.29, 0.717) is 23.5 Å². The molecule has 16 heavy (non-hydrogen) atoms. The number of thiophene rings is 1. The average Bonchev–Trinajstić information content (AvgIpc) is 2.76. The van der Waals surface area contributed by atoms with Crippen LogP contribution in [-0.4, -0.2) is 18.9 Å². The standard InChI is InChI=1S/C13H17NOS/c15-12(7-10-1-6-16-9-10)11-8-13(11)2-4-14-5-3-13/h1,6,9,11,14H,2-5,7-8H2. The maximum atomic E-state index is 12.1. The minimum Gasteiger partial charge on any atom is -0.317 e. The van der Waals surface area contributed by atoms with Gasteiger partial charge < -0.3 is 5.32 Å². The van der Waals surface area contributed by atoms with E-state index >= 15 is 0 Å². The monoisotopic (exact) mass is 235 g/mol. The van der Waals surface area contributed by atoms with Crippen LogP contribution in [0.3, 0.4) is 0 Å². The molecule has 1 N–H and O–H groups in total. The van der Waals surface area contributed by atoms with Crippen LogP contribution in [0.2, 0.25) is 0 Å². The van der Waals surface area contributed by atoms with E-state index in [1.54, 1.807) is 11.3 Å². The quantitative estimate of drug-likeness (QED) is 0.870. The highest BCUT2D eigenvalue weighted by molar-refractivity contribution is 7.07. The lowest BCUT2D eigenvalue weighted by Crippen LogP contribution is -2.30. The van der Waals surface area contributed by atoms with Crippen LogP contribution < -0.4 is 5.32 Å². The van der Waals surface area contributed by atoms with E-state index in [9.17, 15) is 4.79 Å². The maximum absolute atomic E-state index is 12.1. The molecule has 1 unspecified atom stereocenters. The molecule has 2 fully saturated rings. The topological polar surface area (TPSA) is 29.1 Å². The normalized spacial score (nSPS) is 26.9. The third-order valence-corrected chi connectivity index (χ3v) is 4.87. The zero-order valence-electron chi connectivity index (χ0n) is 9.37. The van der Waals surface area contributed by atoms with Crippen molar-refractivity contribution in [2.45, 2.75) is 25.7 Å². The van der Waals surface area contributed by atoms with Gasteiger partial charge in [0, 0.05) is 12.3 Å². The van der Waals surface area contributed by atoms with Crippen molar-refractivity contribution in [2.24, 2.45) is 11.3 Å². The number of hydrogen-bond acceptors (Lipinski definition) is 3. The van der Waals surface area contributed by atoms with Crippen molar-refractivity contribution in [3.05, 3.63) is 22.4 Å². The Kier molecular flexibility index (Phi) is 2.60. The highest BCUT2D eigenvalue weighted by atomic mass is 32.1. The number of carbonyl (C=O) groups excluding carboxylic acids is 1. The molecule has 2 aliphatic rings. The molecule has 3 rings (SSSR count). The Balaban J connectivity index is 1.61. The molecule has 0 bridgehead atoms. The van der Waals surface area contributed by atoms with E-state index < -0.39 is 0 Å². The number of hydrogen-bond donors (Lipinski definition) is 1. The number of nitrogens with one attached hydrogen (secondary N) is 1. The van der Waals surface area contributed by atoms with Crippen LogP contribution in [0.1, 0.15) is 24.8 Å². The summed E-state index contributed by atoms with van der Waals surface area (Å²) in [5, 5.41) is 7.52. The van der Waals surface area contributed by atoms with Crippen LogP contribution >= 0.6 is 11.3 Å². The third kappa shape index (κ3) is 1.82. The fraction of sp³-hybridized carbons (Fsp3) is 0.615. The average molecular weight is 235 g/mol. The number of piperidine rings is 1. The van der Waals surface area contributed by atoms with Crippen LogP contribution in [0.5, 0.6) is 0 Å². The first-order valence-electron chi connectivity index (χ1n) is 6.05. The van der Waals surface area contributed by atoms with Crippen molar-refractivity contribution in [2.75, 3.05) is 13.1 Å². The summed E-state index contributed by atoms with van der Waals surface area (Å²) >= 11 is 1.68. The maximum Gasteiger partial charge on any atom is 0.140 e. The van der Waals surface area contributed by atoms with Crippen LogP contribution in [-0.2, 0) is 11.2 Å². The molecule has 0 aromatic carbocycles. The summed E-state index contributed by atoms with van der Waals surface area (Å²) in [5.74, 6) is 0.842. The molecule has 1 aromatic heterocycles. The Hall–Kier alpha value is -0.670. The summed E-state index contributed by atoms with van der Waals surface area (Å²) in [5.41, 5.74) is 1.60. The Morgan fingerprint density at radius 3 is 3.00 bits per heavy atom. The van der Waals surface area contributed by atoms with Gasteiger partial charge in [-0.05, 0) is 60.2 Å². The van der Waals surface area contributed by atoms with Gasteiger partial charge in [0.1, 0.15) is 5.78 Å². The van der Waals surface area contributed by atoms with E-state index in [-0.39, 0.29) is 0 Å². The molecule has 2 nitrogen and oxygen atoms in total. The molecule has 1 spiro atoms. The molecule has 86 valence electrons. The Morgan fingerprint density at radius 1 is 1.50 bits per heavy atom. The number of Topliss-reactive ketones (excluding diaryl/α,β-unsaturated/α-hetero) is 1. The van der Waals surface area contributed by atoms with E-state index in [2.05, 4.69) is 22.1 Å². The molecule has 1 saturated carbocycles. The molecule has 1 aromatic rings. The highest BCUT2D eigenvalue weighted by Crippen LogP contribution is 2.59. The predicted molar refractivity (Wildman–Crippen MR) is 65.7 cm³/mol. The van der Waals surface area contributed by atoms with Crippen molar-refractivity contribution in [3.63, 3.8) is 0 Å². The Morgan fingerprint density at radius 2 is 2.31 bits per heavy atom. The Bertz CT molecular complexity index is 379. The van der Waals surface area contributed by atoms with Crippen LogP contribution in [0.25, 0.3) is 0 Å². The van der Waals surface area contributed by atoms with Gasteiger partial charge in [0.15, 0.2) is 0 Å². The van der Waals surface area contributed by atoms with Crippen molar-refractivity contribution in [1.29, 1.82) is 0 Å².